The smallest absolute Gasteiger partial charge is 0.322 e. The summed E-state index contributed by atoms with van der Waals surface area (Å²) >= 11 is 0. The number of aryl methyl sites for hydroxylation is 1. The van der Waals surface area contributed by atoms with E-state index in [1.807, 2.05) is 42.2 Å². The van der Waals surface area contributed by atoms with Crippen LogP contribution in [0, 0.1) is 6.92 Å². The number of carbonyl (C=O) groups is 1. The zero-order chi connectivity index (χ0) is 14.1. The topological polar surface area (TPSA) is 37.3 Å². The van der Waals surface area contributed by atoms with Crippen molar-refractivity contribution in [2.45, 2.75) is 26.4 Å². The van der Waals surface area contributed by atoms with Gasteiger partial charge in [0.1, 0.15) is 0 Å². The first kappa shape index (κ1) is 12.8. The Labute approximate surface area is 119 Å². The molecule has 4 nitrogen and oxygen atoms in total. The third kappa shape index (κ3) is 2.29. The highest BCUT2D eigenvalue weighted by atomic mass is 16.2. The van der Waals surface area contributed by atoms with E-state index in [2.05, 4.69) is 29.1 Å². The molecule has 1 atom stereocenters. The molecule has 1 aromatic carbocycles. The number of aromatic nitrogens is 1. The molecular weight excluding hydrogens is 250 g/mol. The average Bonchev–Trinajstić information content (AvgIpc) is 2.91. The highest BCUT2D eigenvalue weighted by molar-refractivity contribution is 5.89. The fourth-order valence-corrected chi connectivity index (χ4v) is 2.69. The maximum Gasteiger partial charge on any atom is 0.322 e. The van der Waals surface area contributed by atoms with Crippen molar-refractivity contribution in [1.29, 1.82) is 0 Å². The lowest BCUT2D eigenvalue weighted by Crippen LogP contribution is -2.42. The molecule has 4 heteroatoms. The number of carbonyl (C=O) groups excluding carboxylic acids is 1. The molecule has 0 fully saturated rings. The molecule has 0 spiro atoms. The lowest BCUT2D eigenvalue weighted by Gasteiger charge is -2.34. The number of amides is 2. The van der Waals surface area contributed by atoms with Crippen LogP contribution in [0.3, 0.4) is 0 Å². The Morgan fingerprint density at radius 3 is 2.70 bits per heavy atom. The van der Waals surface area contributed by atoms with Crippen molar-refractivity contribution in [3.8, 4) is 0 Å². The summed E-state index contributed by atoms with van der Waals surface area (Å²) in [5.41, 5.74) is 3.22. The summed E-state index contributed by atoms with van der Waals surface area (Å²) in [5, 5.41) is 2.97. The van der Waals surface area contributed by atoms with Crippen LogP contribution in [-0.4, -0.2) is 22.0 Å². The molecule has 1 aliphatic rings. The minimum absolute atomic E-state index is 0.0335. The van der Waals surface area contributed by atoms with E-state index >= 15 is 0 Å². The van der Waals surface area contributed by atoms with Gasteiger partial charge in [0.05, 0.1) is 6.04 Å². The summed E-state index contributed by atoms with van der Waals surface area (Å²) in [5.74, 6) is 0. The number of nitrogens with one attached hydrogen (secondary N) is 1. The van der Waals surface area contributed by atoms with Gasteiger partial charge in [-0.25, -0.2) is 4.79 Å². The van der Waals surface area contributed by atoms with Crippen LogP contribution in [0.15, 0.2) is 42.6 Å². The van der Waals surface area contributed by atoms with E-state index in [-0.39, 0.29) is 12.1 Å². The van der Waals surface area contributed by atoms with Gasteiger partial charge in [-0.3, -0.25) is 0 Å². The first-order valence-electron chi connectivity index (χ1n) is 6.94. The van der Waals surface area contributed by atoms with Crippen molar-refractivity contribution in [3.63, 3.8) is 0 Å². The Bertz CT molecular complexity index is 615. The van der Waals surface area contributed by atoms with Crippen molar-refractivity contribution in [2.24, 2.45) is 0 Å². The van der Waals surface area contributed by atoms with Gasteiger partial charge in [0.25, 0.3) is 0 Å². The number of hydrogen-bond acceptors (Lipinski definition) is 1. The molecule has 1 N–H and O–H groups in total. The Balaban J connectivity index is 1.73. The largest absolute Gasteiger partial charge is 0.348 e. The second-order valence-electron chi connectivity index (χ2n) is 5.29. The van der Waals surface area contributed by atoms with Crippen molar-refractivity contribution in [3.05, 3.63) is 53.9 Å². The van der Waals surface area contributed by atoms with E-state index in [1.165, 1.54) is 11.3 Å². The van der Waals surface area contributed by atoms with Gasteiger partial charge >= 0.3 is 6.03 Å². The van der Waals surface area contributed by atoms with Gasteiger partial charge in [0.2, 0.25) is 0 Å². The van der Waals surface area contributed by atoms with Gasteiger partial charge in [-0.2, -0.15) is 0 Å². The van der Waals surface area contributed by atoms with E-state index in [4.69, 9.17) is 0 Å². The quantitative estimate of drug-likeness (QED) is 0.846. The third-order valence-corrected chi connectivity index (χ3v) is 3.91. The number of nitrogens with zero attached hydrogens (tertiary/aromatic N) is 2. The Morgan fingerprint density at radius 1 is 1.20 bits per heavy atom. The Morgan fingerprint density at radius 2 is 1.95 bits per heavy atom. The second-order valence-corrected chi connectivity index (χ2v) is 5.29. The summed E-state index contributed by atoms with van der Waals surface area (Å²) in [7, 11) is 0. The molecule has 0 radical (unpaired) electrons. The van der Waals surface area contributed by atoms with E-state index in [9.17, 15) is 4.79 Å². The van der Waals surface area contributed by atoms with Gasteiger partial charge < -0.3 is 14.8 Å². The number of anilines is 1. The number of hydrogen-bond donors (Lipinski definition) is 1. The molecule has 2 aromatic rings. The molecule has 0 saturated carbocycles. The summed E-state index contributed by atoms with van der Waals surface area (Å²) in [6.07, 6.45) is 2.07. The molecule has 2 heterocycles. The van der Waals surface area contributed by atoms with Gasteiger partial charge in [-0.05, 0) is 38.1 Å². The van der Waals surface area contributed by atoms with Gasteiger partial charge in [0, 0.05) is 30.7 Å². The van der Waals surface area contributed by atoms with Gasteiger partial charge in [0.15, 0.2) is 0 Å². The lowest BCUT2D eigenvalue weighted by atomic mass is 10.1. The van der Waals surface area contributed by atoms with Crippen LogP contribution < -0.4 is 5.32 Å². The monoisotopic (exact) mass is 269 g/mol. The molecule has 104 valence electrons. The first-order chi connectivity index (χ1) is 9.65. The second kappa shape index (κ2) is 5.04. The van der Waals surface area contributed by atoms with Crippen molar-refractivity contribution in [2.75, 3.05) is 11.9 Å². The predicted molar refractivity (Wildman–Crippen MR) is 79.8 cm³/mol. The molecule has 0 aliphatic carbocycles. The van der Waals surface area contributed by atoms with Crippen molar-refractivity contribution in [1.82, 2.24) is 9.47 Å². The first-order valence-corrected chi connectivity index (χ1v) is 6.94. The summed E-state index contributed by atoms with van der Waals surface area (Å²) in [6.45, 7) is 5.70. The zero-order valence-electron chi connectivity index (χ0n) is 11.8. The maximum atomic E-state index is 12.4. The highest BCUT2D eigenvalue weighted by Gasteiger charge is 2.27. The average molecular weight is 269 g/mol. The Kier molecular flexibility index (Phi) is 3.22. The van der Waals surface area contributed by atoms with Crippen LogP contribution in [0.4, 0.5) is 10.5 Å². The van der Waals surface area contributed by atoms with Crippen molar-refractivity contribution >= 4 is 11.7 Å². The fraction of sp³-hybridized carbons (Fsp3) is 0.312. The molecule has 3 rings (SSSR count). The van der Waals surface area contributed by atoms with Crippen LogP contribution in [-0.2, 0) is 6.54 Å². The van der Waals surface area contributed by atoms with E-state index in [0.29, 0.717) is 0 Å². The maximum absolute atomic E-state index is 12.4. The number of urea groups is 1. The molecule has 0 bridgehead atoms. The SMILES string of the molecule is Cc1ccc(NC(=O)N2CCn3cccc3C2C)cc1. The lowest BCUT2D eigenvalue weighted by molar-refractivity contribution is 0.175. The van der Waals surface area contributed by atoms with Crippen LogP contribution in [0.1, 0.15) is 24.2 Å². The summed E-state index contributed by atoms with van der Waals surface area (Å²) < 4.78 is 2.21. The summed E-state index contributed by atoms with van der Waals surface area (Å²) in [4.78, 5) is 14.3. The number of fused-ring (bicyclic) bond motifs is 1. The molecule has 1 unspecified atom stereocenters. The van der Waals surface area contributed by atoms with E-state index < -0.39 is 0 Å². The minimum atomic E-state index is -0.0335. The highest BCUT2D eigenvalue weighted by Crippen LogP contribution is 2.25. The van der Waals surface area contributed by atoms with Crippen LogP contribution >= 0.6 is 0 Å². The molecule has 2 amide bonds. The molecule has 20 heavy (non-hydrogen) atoms. The van der Waals surface area contributed by atoms with Crippen LogP contribution in [0.2, 0.25) is 0 Å². The van der Waals surface area contributed by atoms with E-state index in [1.54, 1.807) is 0 Å². The van der Waals surface area contributed by atoms with Crippen LogP contribution in [0.5, 0.6) is 0 Å². The molecule has 1 aromatic heterocycles. The molecule has 1 aliphatic heterocycles. The Hall–Kier alpha value is -2.23. The number of rotatable bonds is 1. The molecular formula is C16H19N3O. The summed E-state index contributed by atoms with van der Waals surface area (Å²) in [6, 6.07) is 12.1. The third-order valence-electron chi connectivity index (χ3n) is 3.91. The van der Waals surface area contributed by atoms with Crippen LogP contribution in [0.25, 0.3) is 0 Å². The van der Waals surface area contributed by atoms with Crippen molar-refractivity contribution < 1.29 is 4.79 Å². The standard InChI is InChI=1S/C16H19N3O/c1-12-5-7-14(8-6-12)17-16(20)19-11-10-18-9-3-4-15(18)13(19)2/h3-9,13H,10-11H2,1-2H3,(H,17,20). The van der Waals surface area contributed by atoms with Gasteiger partial charge in [-0.1, -0.05) is 17.7 Å². The minimum Gasteiger partial charge on any atom is -0.348 e. The molecule has 0 saturated heterocycles. The number of benzene rings is 1. The predicted octanol–water partition coefficient (Wildman–Crippen LogP) is 3.41. The van der Waals surface area contributed by atoms with E-state index in [0.717, 1.165) is 18.8 Å². The fourth-order valence-electron chi connectivity index (χ4n) is 2.69. The zero-order valence-corrected chi connectivity index (χ0v) is 11.8. The normalized spacial score (nSPS) is 17.7. The van der Waals surface area contributed by atoms with Gasteiger partial charge in [-0.15, -0.1) is 0 Å².